The van der Waals surface area contributed by atoms with Crippen molar-refractivity contribution >= 4 is 26.5 Å². The third-order valence-electron chi connectivity index (χ3n) is 0.586. The second kappa shape index (κ2) is 29.7. The first-order valence-electron chi connectivity index (χ1n) is 2.87. The van der Waals surface area contributed by atoms with Gasteiger partial charge in [-0.05, 0) is 0 Å². The summed E-state index contributed by atoms with van der Waals surface area (Å²) in [4.78, 5) is 0. The fourth-order valence-electron chi connectivity index (χ4n) is 0.340. The topological polar surface area (TPSA) is 0 Å². The summed E-state index contributed by atoms with van der Waals surface area (Å²) < 4.78 is 0. The van der Waals surface area contributed by atoms with Gasteiger partial charge in [-0.15, -0.1) is 23.4 Å². The molecular formula is C9H19BrSiTi. The molecule has 1 aliphatic rings. The molecule has 0 saturated heterocycles. The largest absolute Gasteiger partial charge is 3.00 e. The average molecular weight is 283 g/mol. The summed E-state index contributed by atoms with van der Waals surface area (Å²) in [6.07, 6.45) is 10.0. The molecule has 0 unspecified atom stereocenters. The molecule has 2 radical (unpaired) electrons. The first-order chi connectivity index (χ1) is 3.91. The summed E-state index contributed by atoms with van der Waals surface area (Å²) in [6, 6.07) is 0. The second-order valence-electron chi connectivity index (χ2n) is 1.58. The Hall–Kier alpha value is 0.891. The van der Waals surface area contributed by atoms with E-state index in [1.165, 1.54) is 0 Å². The third-order valence-corrected chi connectivity index (χ3v) is 0.586. The van der Waals surface area contributed by atoms with Crippen LogP contribution < -0.4 is 0 Å². The molecule has 0 saturated carbocycles. The van der Waals surface area contributed by atoms with Gasteiger partial charge in [-0.2, -0.15) is 6.08 Å². The van der Waals surface area contributed by atoms with E-state index in [1.54, 1.807) is 0 Å². The van der Waals surface area contributed by atoms with Crippen molar-refractivity contribution in [2.45, 2.75) is 19.5 Å². The maximum atomic E-state index is 2.99. The van der Waals surface area contributed by atoms with E-state index in [1.807, 2.05) is 12.2 Å². The predicted octanol–water partition coefficient (Wildman–Crippen LogP) is 3.30. The molecule has 1 rings (SSSR count). The van der Waals surface area contributed by atoms with Crippen LogP contribution in [0.1, 0.15) is 6.42 Å². The van der Waals surface area contributed by atoms with Gasteiger partial charge in [-0.25, -0.2) is 12.2 Å². The molecule has 0 aromatic heterocycles. The van der Waals surface area contributed by atoms with Gasteiger partial charge < -0.3 is 14.9 Å². The van der Waals surface area contributed by atoms with E-state index in [2.05, 4.69) is 25.2 Å². The molecule has 0 spiro atoms. The van der Waals surface area contributed by atoms with Crippen molar-refractivity contribution in [3.05, 3.63) is 39.2 Å². The molecule has 1 aliphatic carbocycles. The van der Waals surface area contributed by atoms with Gasteiger partial charge in [0.25, 0.3) is 0 Å². The van der Waals surface area contributed by atoms with Gasteiger partial charge in [-0.1, -0.05) is 13.1 Å². The number of halogens is 1. The zero-order chi connectivity index (χ0) is 6.24. The van der Waals surface area contributed by atoms with E-state index in [0.29, 0.717) is 0 Å². The molecule has 0 aliphatic heterocycles. The van der Waals surface area contributed by atoms with Gasteiger partial charge in [-0.3, -0.25) is 6.08 Å². The molecule has 0 atom stereocenters. The summed E-state index contributed by atoms with van der Waals surface area (Å²) in [5.41, 5.74) is 0. The number of allylic oxidation sites excluding steroid dienone is 4. The van der Waals surface area contributed by atoms with Crippen LogP contribution in [0, 0.1) is 20.9 Å². The molecule has 0 N–H and O–H groups in total. The van der Waals surface area contributed by atoms with Crippen LogP contribution in [0.5, 0.6) is 0 Å². The van der Waals surface area contributed by atoms with Crippen molar-refractivity contribution in [2.75, 3.05) is 0 Å². The number of hydrogen-bond donors (Lipinski definition) is 0. The molecule has 0 aromatic carbocycles. The van der Waals surface area contributed by atoms with Crippen molar-refractivity contribution in [1.29, 1.82) is 0 Å². The quantitative estimate of drug-likeness (QED) is 0.472. The van der Waals surface area contributed by atoms with Gasteiger partial charge in [0.2, 0.25) is 0 Å². The van der Waals surface area contributed by atoms with Crippen LogP contribution in [0.25, 0.3) is 0 Å². The van der Waals surface area contributed by atoms with E-state index in [0.717, 1.165) is 15.9 Å². The van der Waals surface area contributed by atoms with E-state index < -0.39 is 0 Å². The normalized spacial score (nSPS) is 8.83. The standard InChI is InChI=1S/C5H5.C2H7Si.2CH3.BrH.Ti/c1-2-4-5-3-1;1-3-2;;;;/h1-3H,4H2;3H,1-2H3;2*1H3;1H;/q-1;;2*-1;;+3. The van der Waals surface area contributed by atoms with Gasteiger partial charge in [0.15, 0.2) is 0 Å². The number of rotatable bonds is 0. The fraction of sp³-hybridized carbons (Fsp3) is 0.333. The average Bonchev–Trinajstić information content (AvgIpc) is 2.17. The summed E-state index contributed by atoms with van der Waals surface area (Å²) in [5, 5.41) is 0. The van der Waals surface area contributed by atoms with Gasteiger partial charge in [0.1, 0.15) is 0 Å². The minimum absolute atomic E-state index is 0. The van der Waals surface area contributed by atoms with Crippen molar-refractivity contribution in [2.24, 2.45) is 0 Å². The number of hydrogen-bond acceptors (Lipinski definition) is 0. The minimum atomic E-state index is 0. The minimum Gasteiger partial charge on any atom is -0.358 e. The van der Waals surface area contributed by atoms with Crippen molar-refractivity contribution in [3.63, 3.8) is 0 Å². The predicted molar refractivity (Wildman–Crippen MR) is 63.6 cm³/mol. The molecule has 70 valence electrons. The Morgan fingerprint density at radius 2 is 1.67 bits per heavy atom. The molecule has 3 heteroatoms. The fourth-order valence-corrected chi connectivity index (χ4v) is 0.340. The van der Waals surface area contributed by atoms with E-state index in [4.69, 9.17) is 0 Å². The van der Waals surface area contributed by atoms with Crippen molar-refractivity contribution < 1.29 is 21.7 Å². The van der Waals surface area contributed by atoms with Gasteiger partial charge >= 0.3 is 21.7 Å². The Balaban J connectivity index is -0.0000000219. The first-order valence-corrected chi connectivity index (χ1v) is 5.18. The Morgan fingerprint density at radius 3 is 1.75 bits per heavy atom. The van der Waals surface area contributed by atoms with Crippen LogP contribution in [0.2, 0.25) is 13.1 Å². The molecule has 0 amide bonds. The van der Waals surface area contributed by atoms with Crippen LogP contribution in [0.15, 0.2) is 18.2 Å². The SMILES string of the molecule is Br.C[SiH]C.[C-]1=CC=CC1.[CH3-].[CH3-].[Ti+3]. The zero-order valence-corrected chi connectivity index (χ0v) is 12.9. The van der Waals surface area contributed by atoms with Crippen LogP contribution in [0.3, 0.4) is 0 Å². The van der Waals surface area contributed by atoms with Crippen molar-refractivity contribution in [3.8, 4) is 0 Å². The van der Waals surface area contributed by atoms with E-state index >= 15 is 0 Å². The Kier molecular flexibility index (Phi) is 72.5. The molecule has 12 heavy (non-hydrogen) atoms. The Morgan fingerprint density at radius 1 is 1.25 bits per heavy atom. The molecule has 0 nitrogen and oxygen atoms in total. The van der Waals surface area contributed by atoms with Gasteiger partial charge in [0, 0.05) is 9.52 Å². The van der Waals surface area contributed by atoms with E-state index in [9.17, 15) is 0 Å². The monoisotopic (exact) mass is 282 g/mol. The zero-order valence-electron chi connectivity index (χ0n) is 8.42. The van der Waals surface area contributed by atoms with Crippen LogP contribution in [0.4, 0.5) is 0 Å². The third kappa shape index (κ3) is 30.7. The molecule has 0 bridgehead atoms. The molecule has 0 fully saturated rings. The molecule has 0 heterocycles. The summed E-state index contributed by atoms with van der Waals surface area (Å²) in [6.45, 7) is 4.42. The Bertz CT molecular complexity index is 82.5. The maximum Gasteiger partial charge on any atom is 3.00 e. The van der Waals surface area contributed by atoms with Crippen LogP contribution in [-0.2, 0) is 21.7 Å². The summed E-state index contributed by atoms with van der Waals surface area (Å²) in [5.74, 6) is 0. The molecule has 0 aromatic rings. The summed E-state index contributed by atoms with van der Waals surface area (Å²) in [7, 11) is 0.750. The first kappa shape index (κ1) is 29.3. The summed E-state index contributed by atoms with van der Waals surface area (Å²) >= 11 is 0. The van der Waals surface area contributed by atoms with Gasteiger partial charge in [0.05, 0.1) is 0 Å². The molecular weight excluding hydrogens is 264 g/mol. The van der Waals surface area contributed by atoms with Crippen LogP contribution in [-0.4, -0.2) is 9.52 Å². The van der Waals surface area contributed by atoms with E-state index in [-0.39, 0.29) is 53.6 Å². The smallest absolute Gasteiger partial charge is 0.358 e. The van der Waals surface area contributed by atoms with Crippen LogP contribution >= 0.6 is 17.0 Å². The Labute approximate surface area is 106 Å². The van der Waals surface area contributed by atoms with Crippen molar-refractivity contribution in [1.82, 2.24) is 0 Å². The maximum absolute atomic E-state index is 2.99. The second-order valence-corrected chi connectivity index (χ2v) is 2.74.